The van der Waals surface area contributed by atoms with E-state index in [1.165, 1.54) is 148 Å². The lowest BCUT2D eigenvalue weighted by molar-refractivity contribution is -0.150. The smallest absolute Gasteiger partial charge is 0.306 e. The van der Waals surface area contributed by atoms with Gasteiger partial charge in [0.1, 0.15) is 12.2 Å². The summed E-state index contributed by atoms with van der Waals surface area (Å²) in [5.41, 5.74) is 5.92. The van der Waals surface area contributed by atoms with Gasteiger partial charge in [-0.3, -0.25) is 9.59 Å². The summed E-state index contributed by atoms with van der Waals surface area (Å²) in [6, 6.07) is 0. The van der Waals surface area contributed by atoms with Crippen molar-refractivity contribution in [3.05, 3.63) is 0 Å². The van der Waals surface area contributed by atoms with Crippen LogP contribution >= 0.6 is 0 Å². The van der Waals surface area contributed by atoms with Crippen LogP contribution in [0, 0.1) is 0 Å². The number of nitrogens with two attached hydrogens (primary N) is 1. The number of hydrogen-bond donors (Lipinski definition) is 1. The molecular formula is C46H92N2O4. The fraction of sp³-hybridized carbons (Fsp3) is 0.957. The first-order valence-electron chi connectivity index (χ1n) is 23.3. The lowest BCUT2D eigenvalue weighted by atomic mass is 10.0. The molecule has 0 heterocycles. The van der Waals surface area contributed by atoms with Gasteiger partial charge in [0.15, 0.2) is 0 Å². The average Bonchev–Trinajstić information content (AvgIpc) is 3.14. The molecule has 0 aliphatic heterocycles. The largest absolute Gasteiger partial charge is 0.462 e. The Bertz CT molecular complexity index is 732. The highest BCUT2D eigenvalue weighted by atomic mass is 16.5. The normalized spacial score (nSPS) is 12.2. The van der Waals surface area contributed by atoms with Crippen LogP contribution in [0.4, 0.5) is 0 Å². The maximum atomic E-state index is 12.7. The van der Waals surface area contributed by atoms with E-state index in [1.54, 1.807) is 0 Å². The van der Waals surface area contributed by atoms with E-state index in [4.69, 9.17) is 15.2 Å². The molecule has 1 unspecified atom stereocenters. The van der Waals surface area contributed by atoms with Gasteiger partial charge in [-0.25, -0.2) is 0 Å². The zero-order valence-electron chi connectivity index (χ0n) is 35.7. The van der Waals surface area contributed by atoms with E-state index in [2.05, 4.69) is 32.6 Å². The van der Waals surface area contributed by atoms with Crippen molar-refractivity contribution in [3.8, 4) is 0 Å². The summed E-state index contributed by atoms with van der Waals surface area (Å²) in [5, 5.41) is 0. The molecule has 0 saturated carbocycles. The van der Waals surface area contributed by atoms with E-state index < -0.39 is 0 Å². The van der Waals surface area contributed by atoms with E-state index in [-0.39, 0.29) is 24.1 Å². The highest BCUT2D eigenvalue weighted by Crippen LogP contribution is 2.19. The quantitative estimate of drug-likeness (QED) is 0.0496. The van der Waals surface area contributed by atoms with Crippen molar-refractivity contribution in [3.63, 3.8) is 0 Å². The van der Waals surface area contributed by atoms with Crippen molar-refractivity contribution in [2.24, 2.45) is 5.73 Å². The number of unbranched alkanes of at least 4 members (excludes halogenated alkanes) is 23. The first kappa shape index (κ1) is 50.9. The minimum absolute atomic E-state index is 0.0142. The zero-order chi connectivity index (χ0) is 38.2. The lowest BCUT2D eigenvalue weighted by Crippen LogP contribution is -2.31. The van der Waals surface area contributed by atoms with Crippen molar-refractivity contribution >= 4 is 11.9 Å². The van der Waals surface area contributed by atoms with Crippen molar-refractivity contribution in [1.82, 2.24) is 4.90 Å². The number of carbonyl (C=O) groups is 2. The fourth-order valence-electron chi connectivity index (χ4n) is 7.34. The van der Waals surface area contributed by atoms with Crippen LogP contribution in [0.1, 0.15) is 246 Å². The lowest BCUT2D eigenvalue weighted by Gasteiger charge is -2.21. The summed E-state index contributed by atoms with van der Waals surface area (Å²) in [7, 11) is 0. The molecule has 0 aromatic carbocycles. The molecule has 6 heteroatoms. The van der Waals surface area contributed by atoms with Crippen molar-refractivity contribution in [2.45, 2.75) is 258 Å². The Morgan fingerprint density at radius 2 is 0.750 bits per heavy atom. The van der Waals surface area contributed by atoms with Crippen LogP contribution in [0.15, 0.2) is 0 Å². The second-order valence-electron chi connectivity index (χ2n) is 16.0. The summed E-state index contributed by atoms with van der Waals surface area (Å²) in [5.74, 6) is 0.00738. The average molecular weight is 737 g/mol. The summed E-state index contributed by atoms with van der Waals surface area (Å²) >= 11 is 0. The Labute approximate surface area is 325 Å². The Morgan fingerprint density at radius 3 is 1.15 bits per heavy atom. The maximum absolute atomic E-state index is 12.7. The molecule has 0 rings (SSSR count). The summed E-state index contributed by atoms with van der Waals surface area (Å²) < 4.78 is 11.8. The number of hydrogen-bond acceptors (Lipinski definition) is 6. The highest BCUT2D eigenvalue weighted by Gasteiger charge is 2.15. The third-order valence-electron chi connectivity index (χ3n) is 10.8. The molecule has 0 amide bonds. The van der Waals surface area contributed by atoms with Crippen LogP contribution in [0.5, 0.6) is 0 Å². The predicted molar refractivity (Wildman–Crippen MR) is 225 cm³/mol. The van der Waals surface area contributed by atoms with Gasteiger partial charge in [0.05, 0.1) is 0 Å². The van der Waals surface area contributed by atoms with Gasteiger partial charge < -0.3 is 20.1 Å². The molecule has 0 aliphatic carbocycles. The van der Waals surface area contributed by atoms with Crippen LogP contribution in [-0.4, -0.2) is 55.2 Å². The van der Waals surface area contributed by atoms with E-state index in [0.29, 0.717) is 19.4 Å². The SMILES string of the molecule is CCCCCCCCCCC(CC)OC(=O)CCCCCN(CCN)CCCCCCCC(=O)OC(CCCCCCCC)CCCCCCCC. The topological polar surface area (TPSA) is 81.9 Å². The first-order chi connectivity index (χ1) is 25.5. The summed E-state index contributed by atoms with van der Waals surface area (Å²) in [6.07, 6.45) is 39.9. The molecule has 310 valence electrons. The minimum atomic E-state index is -0.0142. The Morgan fingerprint density at radius 1 is 0.423 bits per heavy atom. The van der Waals surface area contributed by atoms with Gasteiger partial charge in [-0.15, -0.1) is 0 Å². The number of esters is 2. The molecule has 0 bridgehead atoms. The second kappa shape index (κ2) is 41.0. The first-order valence-corrected chi connectivity index (χ1v) is 23.3. The molecule has 0 aliphatic rings. The number of ether oxygens (including phenoxy) is 2. The van der Waals surface area contributed by atoms with Crippen molar-refractivity contribution < 1.29 is 19.1 Å². The van der Waals surface area contributed by atoms with Gasteiger partial charge in [-0.1, -0.05) is 163 Å². The molecule has 52 heavy (non-hydrogen) atoms. The number of nitrogens with zero attached hydrogens (tertiary/aromatic N) is 1. The molecule has 2 N–H and O–H groups in total. The molecule has 0 aromatic rings. The van der Waals surface area contributed by atoms with E-state index >= 15 is 0 Å². The van der Waals surface area contributed by atoms with Gasteiger partial charge in [0.2, 0.25) is 0 Å². The maximum Gasteiger partial charge on any atom is 0.306 e. The Hall–Kier alpha value is -1.14. The van der Waals surface area contributed by atoms with Gasteiger partial charge in [-0.2, -0.15) is 0 Å². The zero-order valence-corrected chi connectivity index (χ0v) is 35.7. The summed E-state index contributed by atoms with van der Waals surface area (Å²) in [6.45, 7) is 12.7. The van der Waals surface area contributed by atoms with E-state index in [1.807, 2.05) is 0 Å². The van der Waals surface area contributed by atoms with Gasteiger partial charge in [-0.05, 0) is 83.7 Å². The molecule has 6 nitrogen and oxygen atoms in total. The second-order valence-corrected chi connectivity index (χ2v) is 16.0. The van der Waals surface area contributed by atoms with Crippen LogP contribution in [0.25, 0.3) is 0 Å². The number of carbonyl (C=O) groups excluding carboxylic acids is 2. The fourth-order valence-corrected chi connectivity index (χ4v) is 7.34. The molecule has 0 aromatic heterocycles. The highest BCUT2D eigenvalue weighted by molar-refractivity contribution is 5.69. The van der Waals surface area contributed by atoms with Crippen LogP contribution in [0.3, 0.4) is 0 Å². The van der Waals surface area contributed by atoms with Crippen LogP contribution < -0.4 is 5.73 Å². The molecular weight excluding hydrogens is 645 g/mol. The van der Waals surface area contributed by atoms with Crippen LogP contribution in [0.2, 0.25) is 0 Å². The third-order valence-corrected chi connectivity index (χ3v) is 10.8. The van der Waals surface area contributed by atoms with Crippen molar-refractivity contribution in [2.75, 3.05) is 26.2 Å². The number of rotatable bonds is 42. The molecule has 1 atom stereocenters. The van der Waals surface area contributed by atoms with E-state index in [0.717, 1.165) is 77.4 Å². The van der Waals surface area contributed by atoms with Gasteiger partial charge in [0.25, 0.3) is 0 Å². The monoisotopic (exact) mass is 737 g/mol. The molecule has 0 fully saturated rings. The molecule has 0 spiro atoms. The molecule has 0 saturated heterocycles. The third kappa shape index (κ3) is 35.9. The minimum Gasteiger partial charge on any atom is -0.462 e. The van der Waals surface area contributed by atoms with Crippen LogP contribution in [-0.2, 0) is 19.1 Å². The Balaban J connectivity index is 4.09. The van der Waals surface area contributed by atoms with Crippen molar-refractivity contribution in [1.29, 1.82) is 0 Å². The van der Waals surface area contributed by atoms with Gasteiger partial charge in [0, 0.05) is 25.9 Å². The summed E-state index contributed by atoms with van der Waals surface area (Å²) in [4.78, 5) is 27.7. The standard InChI is InChI=1S/C46H92N2O4/c1-5-9-12-15-18-19-23-27-34-43(8-4)51-45(49)38-31-26-33-41-48(42-39-47)40-32-25-20-24-30-37-46(50)52-44(35-28-21-16-13-10-6-2)36-29-22-17-14-11-7-3/h43-44H,5-42,47H2,1-4H3. The van der Waals surface area contributed by atoms with E-state index in [9.17, 15) is 9.59 Å². The van der Waals surface area contributed by atoms with Gasteiger partial charge >= 0.3 is 11.9 Å². The predicted octanol–water partition coefficient (Wildman–Crippen LogP) is 13.4. The molecule has 0 radical (unpaired) electrons. The Kier molecular flexibility index (Phi) is 40.1.